The van der Waals surface area contributed by atoms with E-state index in [1.807, 2.05) is 38.1 Å². The lowest BCUT2D eigenvalue weighted by Gasteiger charge is -2.05. The van der Waals surface area contributed by atoms with Crippen LogP contribution in [-0.4, -0.2) is 25.8 Å². The molecule has 0 atom stereocenters. The highest BCUT2D eigenvalue weighted by Gasteiger charge is 2.14. The van der Waals surface area contributed by atoms with E-state index in [1.165, 1.54) is 6.33 Å². The molecule has 0 saturated heterocycles. The van der Waals surface area contributed by atoms with Crippen molar-refractivity contribution in [1.82, 2.24) is 25.2 Å². The Balaban J connectivity index is 1.60. The monoisotopic (exact) mass is 311 g/mol. The fraction of sp³-hybridized carbons (Fsp3) is 0.250. The number of carbonyl (C=O) groups excluding carboxylic acids is 1. The SMILES string of the molecule is CC(C)c1cc(C(=O)NCc2ccc(-n3cncn3)cc2)on1. The number of hydrogen-bond donors (Lipinski definition) is 1. The lowest BCUT2D eigenvalue weighted by atomic mass is 10.1. The van der Waals surface area contributed by atoms with Gasteiger partial charge in [-0.2, -0.15) is 5.10 Å². The van der Waals surface area contributed by atoms with Gasteiger partial charge in [-0.1, -0.05) is 31.1 Å². The Kier molecular flexibility index (Phi) is 4.18. The zero-order chi connectivity index (χ0) is 16.2. The van der Waals surface area contributed by atoms with Gasteiger partial charge in [-0.05, 0) is 23.6 Å². The topological polar surface area (TPSA) is 85.8 Å². The molecule has 0 bridgehead atoms. The molecule has 7 heteroatoms. The van der Waals surface area contributed by atoms with Crippen LogP contribution in [0.15, 0.2) is 47.5 Å². The van der Waals surface area contributed by atoms with E-state index in [0.29, 0.717) is 6.54 Å². The molecule has 0 radical (unpaired) electrons. The van der Waals surface area contributed by atoms with Crippen molar-refractivity contribution in [2.75, 3.05) is 0 Å². The summed E-state index contributed by atoms with van der Waals surface area (Å²) in [4.78, 5) is 15.9. The number of hydrogen-bond acceptors (Lipinski definition) is 5. The molecule has 3 aromatic rings. The first-order valence-electron chi connectivity index (χ1n) is 7.32. The van der Waals surface area contributed by atoms with Gasteiger partial charge in [-0.15, -0.1) is 0 Å². The smallest absolute Gasteiger partial charge is 0.290 e. The van der Waals surface area contributed by atoms with Crippen LogP contribution in [0.2, 0.25) is 0 Å². The second-order valence-corrected chi connectivity index (χ2v) is 5.46. The predicted molar refractivity (Wildman–Crippen MR) is 83.1 cm³/mol. The molecule has 0 unspecified atom stereocenters. The number of amides is 1. The second kappa shape index (κ2) is 6.43. The van der Waals surface area contributed by atoms with E-state index in [9.17, 15) is 4.79 Å². The Hall–Kier alpha value is -2.96. The van der Waals surface area contributed by atoms with Crippen LogP contribution in [0.3, 0.4) is 0 Å². The number of carbonyl (C=O) groups is 1. The van der Waals surface area contributed by atoms with E-state index in [-0.39, 0.29) is 17.6 Å². The van der Waals surface area contributed by atoms with Gasteiger partial charge >= 0.3 is 0 Å². The van der Waals surface area contributed by atoms with Crippen molar-refractivity contribution < 1.29 is 9.32 Å². The van der Waals surface area contributed by atoms with Gasteiger partial charge in [0.05, 0.1) is 11.4 Å². The highest BCUT2D eigenvalue weighted by atomic mass is 16.5. The van der Waals surface area contributed by atoms with E-state index in [4.69, 9.17) is 4.52 Å². The fourth-order valence-corrected chi connectivity index (χ4v) is 2.05. The number of aromatic nitrogens is 4. The number of rotatable bonds is 5. The summed E-state index contributed by atoms with van der Waals surface area (Å²) in [6, 6.07) is 9.37. The first kappa shape index (κ1) is 15.0. The molecule has 23 heavy (non-hydrogen) atoms. The fourth-order valence-electron chi connectivity index (χ4n) is 2.05. The van der Waals surface area contributed by atoms with Gasteiger partial charge in [0.25, 0.3) is 5.91 Å². The largest absolute Gasteiger partial charge is 0.351 e. The molecule has 1 amide bonds. The standard InChI is InChI=1S/C16H17N5O2/c1-11(2)14-7-15(23-20-14)16(22)18-8-12-3-5-13(6-4-12)21-10-17-9-19-21/h3-7,9-11H,8H2,1-2H3,(H,18,22). The van der Waals surface area contributed by atoms with Gasteiger partial charge in [0.2, 0.25) is 5.76 Å². The normalized spacial score (nSPS) is 10.9. The van der Waals surface area contributed by atoms with Crippen LogP contribution in [0.1, 0.15) is 41.6 Å². The highest BCUT2D eigenvalue weighted by Crippen LogP contribution is 2.14. The molecule has 2 heterocycles. The van der Waals surface area contributed by atoms with Crippen molar-refractivity contribution in [3.63, 3.8) is 0 Å². The molecule has 1 aromatic carbocycles. The number of nitrogens with zero attached hydrogens (tertiary/aromatic N) is 4. The van der Waals surface area contributed by atoms with Crippen LogP contribution in [0, 0.1) is 0 Å². The van der Waals surface area contributed by atoms with Crippen LogP contribution >= 0.6 is 0 Å². The first-order valence-corrected chi connectivity index (χ1v) is 7.32. The number of benzene rings is 1. The molecular formula is C16H17N5O2. The van der Waals surface area contributed by atoms with Crippen molar-refractivity contribution >= 4 is 5.91 Å². The third-order valence-electron chi connectivity index (χ3n) is 3.42. The molecule has 1 N–H and O–H groups in total. The Bertz CT molecular complexity index is 775. The van der Waals surface area contributed by atoms with E-state index in [0.717, 1.165) is 16.9 Å². The summed E-state index contributed by atoms with van der Waals surface area (Å²) in [6.07, 6.45) is 3.12. The average molecular weight is 311 g/mol. The lowest BCUT2D eigenvalue weighted by molar-refractivity contribution is 0.0914. The van der Waals surface area contributed by atoms with Crippen molar-refractivity contribution in [2.45, 2.75) is 26.3 Å². The number of nitrogens with one attached hydrogen (secondary N) is 1. The van der Waals surface area contributed by atoms with E-state index >= 15 is 0 Å². The van der Waals surface area contributed by atoms with Gasteiger partial charge < -0.3 is 9.84 Å². The third kappa shape index (κ3) is 3.45. The maximum Gasteiger partial charge on any atom is 0.290 e. The molecule has 0 aliphatic heterocycles. The molecule has 2 aromatic heterocycles. The maximum atomic E-state index is 12.0. The van der Waals surface area contributed by atoms with E-state index in [2.05, 4.69) is 20.6 Å². The minimum absolute atomic E-state index is 0.227. The molecule has 0 aliphatic rings. The summed E-state index contributed by atoms with van der Waals surface area (Å²) in [5, 5.41) is 10.8. The van der Waals surface area contributed by atoms with Crippen LogP contribution in [0.25, 0.3) is 5.69 Å². The van der Waals surface area contributed by atoms with E-state index in [1.54, 1.807) is 17.1 Å². The summed E-state index contributed by atoms with van der Waals surface area (Å²) in [5.74, 6) is 0.183. The molecule has 0 fully saturated rings. The van der Waals surface area contributed by atoms with Gasteiger partial charge in [-0.3, -0.25) is 4.79 Å². The van der Waals surface area contributed by atoms with Crippen LogP contribution in [-0.2, 0) is 6.54 Å². The van der Waals surface area contributed by atoms with Crippen LogP contribution in [0.5, 0.6) is 0 Å². The van der Waals surface area contributed by atoms with Crippen LogP contribution in [0.4, 0.5) is 0 Å². The van der Waals surface area contributed by atoms with Gasteiger partial charge in [0.1, 0.15) is 12.7 Å². The molecule has 3 rings (SSSR count). The Morgan fingerprint density at radius 2 is 2.09 bits per heavy atom. The van der Waals surface area contributed by atoms with Crippen molar-refractivity contribution in [3.8, 4) is 5.69 Å². The Morgan fingerprint density at radius 3 is 2.70 bits per heavy atom. The minimum atomic E-state index is -0.273. The zero-order valence-corrected chi connectivity index (χ0v) is 12.9. The van der Waals surface area contributed by atoms with Crippen LogP contribution < -0.4 is 5.32 Å². The van der Waals surface area contributed by atoms with Crippen molar-refractivity contribution in [2.24, 2.45) is 0 Å². The molecule has 118 valence electrons. The van der Waals surface area contributed by atoms with Crippen molar-refractivity contribution in [3.05, 3.63) is 60.0 Å². The zero-order valence-electron chi connectivity index (χ0n) is 12.9. The third-order valence-corrected chi connectivity index (χ3v) is 3.42. The first-order chi connectivity index (χ1) is 11.1. The van der Waals surface area contributed by atoms with Crippen molar-refractivity contribution in [1.29, 1.82) is 0 Å². The summed E-state index contributed by atoms with van der Waals surface area (Å²) < 4.78 is 6.73. The summed E-state index contributed by atoms with van der Waals surface area (Å²) in [7, 11) is 0. The quantitative estimate of drug-likeness (QED) is 0.781. The molecular weight excluding hydrogens is 294 g/mol. The maximum absolute atomic E-state index is 12.0. The average Bonchev–Trinajstić information content (AvgIpc) is 3.24. The summed E-state index contributed by atoms with van der Waals surface area (Å²) in [5.41, 5.74) is 2.66. The highest BCUT2D eigenvalue weighted by molar-refractivity contribution is 5.91. The Morgan fingerprint density at radius 1 is 1.30 bits per heavy atom. The molecule has 0 aliphatic carbocycles. The van der Waals surface area contributed by atoms with Gasteiger partial charge in [0.15, 0.2) is 0 Å². The second-order valence-electron chi connectivity index (χ2n) is 5.46. The van der Waals surface area contributed by atoms with E-state index < -0.39 is 0 Å². The van der Waals surface area contributed by atoms with Gasteiger partial charge in [0, 0.05) is 12.6 Å². The molecule has 0 spiro atoms. The van der Waals surface area contributed by atoms with Gasteiger partial charge in [-0.25, -0.2) is 9.67 Å². The summed E-state index contributed by atoms with van der Waals surface area (Å²) in [6.45, 7) is 4.40. The molecule has 0 saturated carbocycles. The lowest BCUT2D eigenvalue weighted by Crippen LogP contribution is -2.22. The predicted octanol–water partition coefficient (Wildman–Crippen LogP) is 2.31. The molecule has 7 nitrogen and oxygen atoms in total. The Labute approximate surface area is 133 Å². The summed E-state index contributed by atoms with van der Waals surface area (Å²) >= 11 is 0. The minimum Gasteiger partial charge on any atom is -0.351 e.